The number of aromatic nitrogens is 2. The Hall–Kier alpha value is -3.32. The van der Waals surface area contributed by atoms with Crippen LogP contribution in [0, 0.1) is 5.82 Å². The molecule has 2 aromatic carbocycles. The van der Waals surface area contributed by atoms with Gasteiger partial charge in [0.1, 0.15) is 17.3 Å². The minimum absolute atomic E-state index is 0.106. The fraction of sp³-hybridized carbons (Fsp3) is 0.227. The molecule has 1 saturated heterocycles. The third-order valence-electron chi connectivity index (χ3n) is 4.90. The van der Waals surface area contributed by atoms with E-state index in [1.165, 1.54) is 30.1 Å². The first-order valence-electron chi connectivity index (χ1n) is 9.57. The second-order valence-corrected chi connectivity index (χ2v) is 6.97. The maximum Gasteiger partial charge on any atom is 0.274 e. The highest BCUT2D eigenvalue weighted by Crippen LogP contribution is 2.15. The Bertz CT molecular complexity index is 939. The number of amides is 1. The van der Waals surface area contributed by atoms with Gasteiger partial charge in [0.25, 0.3) is 5.91 Å². The Balaban J connectivity index is 1.31. The molecule has 0 spiro atoms. The molecule has 29 heavy (non-hydrogen) atoms. The molecule has 1 aliphatic rings. The van der Waals surface area contributed by atoms with Gasteiger partial charge in [0.05, 0.1) is 12.4 Å². The van der Waals surface area contributed by atoms with Crippen molar-refractivity contribution in [1.29, 1.82) is 0 Å². The van der Waals surface area contributed by atoms with Gasteiger partial charge in [-0.15, -0.1) is 0 Å². The number of rotatable bonds is 5. The van der Waals surface area contributed by atoms with Crippen LogP contribution < -0.4 is 5.32 Å². The second-order valence-electron chi connectivity index (χ2n) is 6.97. The summed E-state index contributed by atoms with van der Waals surface area (Å²) < 4.78 is 13.0. The summed E-state index contributed by atoms with van der Waals surface area (Å²) in [5, 5.41) is 3.03. The van der Waals surface area contributed by atoms with Crippen molar-refractivity contribution in [3.05, 3.63) is 84.1 Å². The monoisotopic (exact) mass is 391 g/mol. The zero-order valence-electron chi connectivity index (χ0n) is 16.0. The van der Waals surface area contributed by atoms with Crippen molar-refractivity contribution < 1.29 is 9.18 Å². The molecular weight excluding hydrogens is 369 g/mol. The SMILES string of the molecule is O=C(c1cnc(Nc2ccc(F)cc2)cn1)N1CCN(Cc2ccccc2)CC1. The van der Waals surface area contributed by atoms with Crippen molar-refractivity contribution in [1.82, 2.24) is 19.8 Å². The molecule has 148 valence electrons. The summed E-state index contributed by atoms with van der Waals surface area (Å²) in [5.74, 6) is 0.0949. The van der Waals surface area contributed by atoms with Crippen molar-refractivity contribution in [2.45, 2.75) is 6.54 Å². The lowest BCUT2D eigenvalue weighted by atomic mass is 10.2. The van der Waals surface area contributed by atoms with Crippen LogP contribution in [0.2, 0.25) is 0 Å². The number of anilines is 2. The standard InChI is InChI=1S/C22H22FN5O/c23-18-6-8-19(9-7-18)26-21-15-24-20(14-25-21)22(29)28-12-10-27(11-13-28)16-17-4-2-1-3-5-17/h1-9,14-15H,10-13,16H2,(H,25,26). The fourth-order valence-corrected chi connectivity index (χ4v) is 3.30. The van der Waals surface area contributed by atoms with Crippen molar-refractivity contribution in [3.63, 3.8) is 0 Å². The van der Waals surface area contributed by atoms with E-state index >= 15 is 0 Å². The van der Waals surface area contributed by atoms with Gasteiger partial charge in [0.15, 0.2) is 0 Å². The summed E-state index contributed by atoms with van der Waals surface area (Å²) in [6.45, 7) is 3.90. The van der Waals surface area contributed by atoms with E-state index in [1.807, 2.05) is 23.1 Å². The molecule has 1 N–H and O–H groups in total. The van der Waals surface area contributed by atoms with E-state index in [2.05, 4.69) is 32.3 Å². The molecule has 0 saturated carbocycles. The normalized spacial score (nSPS) is 14.6. The maximum atomic E-state index is 13.0. The lowest BCUT2D eigenvalue weighted by molar-refractivity contribution is 0.0622. The molecule has 2 heterocycles. The molecule has 4 rings (SSSR count). The number of nitrogens with one attached hydrogen (secondary N) is 1. The number of carbonyl (C=O) groups excluding carboxylic acids is 1. The molecule has 1 aromatic heterocycles. The van der Waals surface area contributed by atoms with E-state index in [1.54, 1.807) is 12.1 Å². The molecule has 0 radical (unpaired) electrons. The number of carbonyl (C=O) groups is 1. The fourth-order valence-electron chi connectivity index (χ4n) is 3.30. The van der Waals surface area contributed by atoms with Crippen LogP contribution in [0.3, 0.4) is 0 Å². The Labute approximate surface area is 169 Å². The van der Waals surface area contributed by atoms with Gasteiger partial charge in [0.2, 0.25) is 0 Å². The van der Waals surface area contributed by atoms with Gasteiger partial charge in [-0.25, -0.2) is 14.4 Å². The molecular formula is C22H22FN5O. The smallest absolute Gasteiger partial charge is 0.274 e. The minimum atomic E-state index is -0.300. The van der Waals surface area contributed by atoms with Crippen molar-refractivity contribution in [2.75, 3.05) is 31.5 Å². The highest BCUT2D eigenvalue weighted by molar-refractivity contribution is 5.92. The van der Waals surface area contributed by atoms with Gasteiger partial charge < -0.3 is 10.2 Å². The maximum absolute atomic E-state index is 13.0. The Kier molecular flexibility index (Phi) is 5.76. The quantitative estimate of drug-likeness (QED) is 0.723. The van der Waals surface area contributed by atoms with Gasteiger partial charge >= 0.3 is 0 Å². The van der Waals surface area contributed by atoms with Crippen LogP contribution in [-0.2, 0) is 6.54 Å². The van der Waals surface area contributed by atoms with Gasteiger partial charge in [-0.1, -0.05) is 30.3 Å². The van der Waals surface area contributed by atoms with Gasteiger partial charge in [-0.3, -0.25) is 9.69 Å². The third kappa shape index (κ3) is 4.94. The highest BCUT2D eigenvalue weighted by Gasteiger charge is 2.23. The average molecular weight is 391 g/mol. The largest absolute Gasteiger partial charge is 0.339 e. The first-order valence-corrected chi connectivity index (χ1v) is 9.57. The molecule has 0 atom stereocenters. The van der Waals surface area contributed by atoms with Crippen molar-refractivity contribution >= 4 is 17.4 Å². The van der Waals surface area contributed by atoms with Gasteiger partial charge in [-0.2, -0.15) is 0 Å². The summed E-state index contributed by atoms with van der Waals surface area (Å²) in [5.41, 5.74) is 2.31. The Morgan fingerprint density at radius 2 is 1.66 bits per heavy atom. The lowest BCUT2D eigenvalue weighted by Crippen LogP contribution is -2.48. The summed E-state index contributed by atoms with van der Waals surface area (Å²) in [6.07, 6.45) is 2.99. The predicted molar refractivity (Wildman–Crippen MR) is 109 cm³/mol. The zero-order valence-corrected chi connectivity index (χ0v) is 16.0. The Morgan fingerprint density at radius 1 is 0.931 bits per heavy atom. The summed E-state index contributed by atoms with van der Waals surface area (Å²) in [4.78, 5) is 25.4. The van der Waals surface area contributed by atoms with Crippen LogP contribution >= 0.6 is 0 Å². The van der Waals surface area contributed by atoms with Gasteiger partial charge in [-0.05, 0) is 29.8 Å². The second kappa shape index (κ2) is 8.79. The molecule has 1 fully saturated rings. The minimum Gasteiger partial charge on any atom is -0.339 e. The zero-order chi connectivity index (χ0) is 20.1. The molecule has 0 unspecified atom stereocenters. The van der Waals surface area contributed by atoms with Crippen LogP contribution in [0.1, 0.15) is 16.1 Å². The average Bonchev–Trinajstić information content (AvgIpc) is 2.77. The van der Waals surface area contributed by atoms with Crippen LogP contribution in [0.15, 0.2) is 67.0 Å². The van der Waals surface area contributed by atoms with Crippen LogP contribution in [0.4, 0.5) is 15.9 Å². The number of halogens is 1. The first-order chi connectivity index (χ1) is 14.2. The number of nitrogens with zero attached hydrogens (tertiary/aromatic N) is 4. The van der Waals surface area contributed by atoms with E-state index in [0.29, 0.717) is 30.3 Å². The summed E-state index contributed by atoms with van der Waals surface area (Å²) in [7, 11) is 0. The van der Waals surface area contributed by atoms with E-state index < -0.39 is 0 Å². The number of benzene rings is 2. The van der Waals surface area contributed by atoms with Crippen LogP contribution in [-0.4, -0.2) is 51.9 Å². The highest BCUT2D eigenvalue weighted by atomic mass is 19.1. The molecule has 3 aromatic rings. The van der Waals surface area contributed by atoms with Crippen molar-refractivity contribution in [3.8, 4) is 0 Å². The molecule has 0 bridgehead atoms. The number of hydrogen-bond donors (Lipinski definition) is 1. The lowest BCUT2D eigenvalue weighted by Gasteiger charge is -2.34. The summed E-state index contributed by atoms with van der Waals surface area (Å²) >= 11 is 0. The van der Waals surface area contributed by atoms with Crippen molar-refractivity contribution in [2.24, 2.45) is 0 Å². The van der Waals surface area contributed by atoms with Gasteiger partial charge in [0, 0.05) is 38.4 Å². The third-order valence-corrected chi connectivity index (χ3v) is 4.90. The van der Waals surface area contributed by atoms with E-state index in [4.69, 9.17) is 0 Å². The molecule has 1 aliphatic heterocycles. The molecule has 6 nitrogen and oxygen atoms in total. The Morgan fingerprint density at radius 3 is 2.31 bits per heavy atom. The van der Waals surface area contributed by atoms with E-state index in [0.717, 1.165) is 19.6 Å². The van der Waals surface area contributed by atoms with Crippen LogP contribution in [0.5, 0.6) is 0 Å². The van der Waals surface area contributed by atoms with Crippen LogP contribution in [0.25, 0.3) is 0 Å². The predicted octanol–water partition coefficient (Wildman–Crippen LogP) is 3.32. The van der Waals surface area contributed by atoms with E-state index in [-0.39, 0.29) is 11.7 Å². The summed E-state index contributed by atoms with van der Waals surface area (Å²) in [6, 6.07) is 16.3. The van der Waals surface area contributed by atoms with E-state index in [9.17, 15) is 9.18 Å². The molecule has 1 amide bonds. The topological polar surface area (TPSA) is 61.4 Å². The first kappa shape index (κ1) is 19.0. The molecule has 0 aliphatic carbocycles. The molecule has 7 heteroatoms. The number of piperazine rings is 1. The number of hydrogen-bond acceptors (Lipinski definition) is 5.